The van der Waals surface area contributed by atoms with Crippen LogP contribution in [0.1, 0.15) is 17.9 Å². The Kier molecular flexibility index (Phi) is 5.44. The molecule has 5 heteroatoms. The third-order valence-corrected chi connectivity index (χ3v) is 6.49. The first kappa shape index (κ1) is 18.1. The molecule has 0 bridgehead atoms. The average Bonchev–Trinajstić information content (AvgIpc) is 3.42. The Morgan fingerprint density at radius 2 is 1.81 bits per heavy atom. The fraction of sp³-hybridized carbons (Fsp3) is 0.429. The van der Waals surface area contributed by atoms with Crippen molar-refractivity contribution in [2.24, 2.45) is 5.92 Å². The van der Waals surface area contributed by atoms with Crippen LogP contribution in [0.5, 0.6) is 5.75 Å². The highest BCUT2D eigenvalue weighted by atomic mass is 79.9. The van der Waals surface area contributed by atoms with Crippen molar-refractivity contribution in [1.82, 2.24) is 4.90 Å². The predicted molar refractivity (Wildman–Crippen MR) is 112 cm³/mol. The molecule has 4 rings (SSSR count). The van der Waals surface area contributed by atoms with E-state index >= 15 is 0 Å². The molecule has 2 aromatic rings. The second-order valence-corrected chi connectivity index (χ2v) is 8.55. The molecule has 1 heterocycles. The molecule has 0 aromatic heterocycles. The summed E-state index contributed by atoms with van der Waals surface area (Å²) in [7, 11) is 1.72. The van der Waals surface area contributed by atoms with Crippen LogP contribution in [0.15, 0.2) is 46.9 Å². The number of halogens is 2. The fourth-order valence-corrected chi connectivity index (χ4v) is 4.47. The van der Waals surface area contributed by atoms with Gasteiger partial charge in [0.05, 0.1) is 11.6 Å². The highest BCUT2D eigenvalue weighted by Crippen LogP contribution is 2.48. The Morgan fingerprint density at radius 1 is 1.08 bits per heavy atom. The molecule has 0 spiro atoms. The van der Waals surface area contributed by atoms with Crippen LogP contribution in [0, 0.1) is 5.92 Å². The summed E-state index contributed by atoms with van der Waals surface area (Å²) >= 11 is 9.53. The molecule has 0 radical (unpaired) electrons. The molecular weight excluding hydrogens is 412 g/mol. The summed E-state index contributed by atoms with van der Waals surface area (Å²) in [6.45, 7) is 5.61. The zero-order valence-corrected chi connectivity index (χ0v) is 17.3. The first-order valence-electron chi connectivity index (χ1n) is 9.20. The van der Waals surface area contributed by atoms with Crippen molar-refractivity contribution >= 4 is 33.2 Å². The van der Waals surface area contributed by atoms with Gasteiger partial charge in [-0.15, -0.1) is 0 Å². The normalized spacial score (nSPS) is 23.1. The third-order valence-electron chi connectivity index (χ3n) is 5.59. The molecular formula is C21H24BrClN2O. The Morgan fingerprint density at radius 3 is 2.50 bits per heavy atom. The molecule has 2 aromatic carbocycles. The average molecular weight is 436 g/mol. The van der Waals surface area contributed by atoms with Gasteiger partial charge in [-0.05, 0) is 64.0 Å². The molecule has 1 saturated heterocycles. The number of benzene rings is 2. The van der Waals surface area contributed by atoms with Gasteiger partial charge in [0.15, 0.2) is 0 Å². The standard InChI is InChI=1S/C21H24BrClN2O/c1-26-21-13-18(6-7-20(21)22)25-10-8-24(9-11-25)14-16-12-19(16)15-2-4-17(23)5-3-15/h2-7,13,16,19H,8-12,14H2,1H3/t16-,19-/m0/s1. The molecule has 1 aliphatic carbocycles. The summed E-state index contributed by atoms with van der Waals surface area (Å²) in [6, 6.07) is 14.8. The number of rotatable bonds is 5. The van der Waals surface area contributed by atoms with Gasteiger partial charge in [-0.3, -0.25) is 4.90 Å². The first-order valence-corrected chi connectivity index (χ1v) is 10.4. The maximum absolute atomic E-state index is 6.00. The first-order chi connectivity index (χ1) is 12.6. The second-order valence-electron chi connectivity index (χ2n) is 7.26. The summed E-state index contributed by atoms with van der Waals surface area (Å²) in [5.74, 6) is 2.42. The van der Waals surface area contributed by atoms with E-state index in [-0.39, 0.29) is 0 Å². The van der Waals surface area contributed by atoms with Crippen molar-refractivity contribution in [3.63, 3.8) is 0 Å². The van der Waals surface area contributed by atoms with Crippen molar-refractivity contribution in [1.29, 1.82) is 0 Å². The summed E-state index contributed by atoms with van der Waals surface area (Å²) in [5, 5.41) is 0.826. The van der Waals surface area contributed by atoms with Gasteiger partial charge in [0.2, 0.25) is 0 Å². The molecule has 26 heavy (non-hydrogen) atoms. The molecule has 3 nitrogen and oxygen atoms in total. The van der Waals surface area contributed by atoms with Crippen molar-refractivity contribution in [2.45, 2.75) is 12.3 Å². The molecule has 2 atom stereocenters. The summed E-state index contributed by atoms with van der Waals surface area (Å²) < 4.78 is 6.43. The molecule has 0 N–H and O–H groups in total. The Labute approximate surface area is 169 Å². The number of ether oxygens (including phenoxy) is 1. The third kappa shape index (κ3) is 4.03. The molecule has 2 fully saturated rings. The van der Waals surface area contributed by atoms with Crippen molar-refractivity contribution in [2.75, 3.05) is 44.7 Å². The minimum absolute atomic E-state index is 0.723. The van der Waals surface area contributed by atoms with Gasteiger partial charge < -0.3 is 9.64 Å². The maximum Gasteiger partial charge on any atom is 0.135 e. The number of nitrogens with zero attached hydrogens (tertiary/aromatic N) is 2. The summed E-state index contributed by atoms with van der Waals surface area (Å²) in [5.41, 5.74) is 2.69. The van der Waals surface area contributed by atoms with E-state index in [4.69, 9.17) is 16.3 Å². The van der Waals surface area contributed by atoms with Gasteiger partial charge in [-0.25, -0.2) is 0 Å². The van der Waals surface area contributed by atoms with Crippen LogP contribution in [0.2, 0.25) is 5.02 Å². The van der Waals surface area contributed by atoms with Crippen LogP contribution in [-0.2, 0) is 0 Å². The van der Waals surface area contributed by atoms with Crippen LogP contribution < -0.4 is 9.64 Å². The Bertz CT molecular complexity index is 759. The number of hydrogen-bond donors (Lipinski definition) is 0. The summed E-state index contributed by atoms with van der Waals surface area (Å²) in [6.07, 6.45) is 1.31. The van der Waals surface area contributed by atoms with Gasteiger partial charge in [0, 0.05) is 49.5 Å². The monoisotopic (exact) mass is 434 g/mol. The van der Waals surface area contributed by atoms with Crippen LogP contribution in [-0.4, -0.2) is 44.7 Å². The minimum atomic E-state index is 0.723. The number of hydrogen-bond acceptors (Lipinski definition) is 3. The molecule has 0 amide bonds. The van der Waals surface area contributed by atoms with E-state index in [0.29, 0.717) is 0 Å². The number of methoxy groups -OCH3 is 1. The molecule has 1 aliphatic heterocycles. The van der Waals surface area contributed by atoms with E-state index in [1.54, 1.807) is 7.11 Å². The van der Waals surface area contributed by atoms with Gasteiger partial charge >= 0.3 is 0 Å². The van der Waals surface area contributed by atoms with Crippen LogP contribution >= 0.6 is 27.5 Å². The maximum atomic E-state index is 6.00. The topological polar surface area (TPSA) is 15.7 Å². The van der Waals surface area contributed by atoms with Gasteiger partial charge in [-0.1, -0.05) is 23.7 Å². The highest BCUT2D eigenvalue weighted by Gasteiger charge is 2.39. The van der Waals surface area contributed by atoms with Crippen molar-refractivity contribution in [3.05, 3.63) is 57.5 Å². The molecule has 138 valence electrons. The predicted octanol–water partition coefficient (Wildman–Crippen LogP) is 5.04. The summed E-state index contributed by atoms with van der Waals surface area (Å²) in [4.78, 5) is 5.07. The van der Waals surface area contributed by atoms with Crippen molar-refractivity contribution < 1.29 is 4.74 Å². The van der Waals surface area contributed by atoms with E-state index < -0.39 is 0 Å². The smallest absolute Gasteiger partial charge is 0.135 e. The van der Waals surface area contributed by atoms with Gasteiger partial charge in [-0.2, -0.15) is 0 Å². The van der Waals surface area contributed by atoms with E-state index in [2.05, 4.69) is 56.1 Å². The van der Waals surface area contributed by atoms with Crippen LogP contribution in [0.25, 0.3) is 0 Å². The molecule has 1 saturated carbocycles. The Hall–Kier alpha value is -1.23. The zero-order valence-electron chi connectivity index (χ0n) is 15.0. The van der Waals surface area contributed by atoms with Crippen molar-refractivity contribution in [3.8, 4) is 5.75 Å². The SMILES string of the molecule is COc1cc(N2CCN(C[C@@H]3C[C@H]3c3ccc(Cl)cc3)CC2)ccc1Br. The molecule has 2 aliphatic rings. The van der Waals surface area contributed by atoms with Crippen LogP contribution in [0.3, 0.4) is 0 Å². The Balaban J connectivity index is 1.29. The van der Waals surface area contributed by atoms with E-state index in [0.717, 1.165) is 53.3 Å². The zero-order chi connectivity index (χ0) is 18.1. The lowest BCUT2D eigenvalue weighted by atomic mass is 10.1. The minimum Gasteiger partial charge on any atom is -0.495 e. The molecule has 0 unspecified atom stereocenters. The number of piperazine rings is 1. The van der Waals surface area contributed by atoms with E-state index in [1.165, 1.54) is 24.2 Å². The lowest BCUT2D eigenvalue weighted by molar-refractivity contribution is 0.246. The van der Waals surface area contributed by atoms with Gasteiger partial charge in [0.25, 0.3) is 0 Å². The van der Waals surface area contributed by atoms with E-state index in [9.17, 15) is 0 Å². The second kappa shape index (κ2) is 7.79. The van der Waals surface area contributed by atoms with E-state index in [1.807, 2.05) is 12.1 Å². The lowest BCUT2D eigenvalue weighted by Gasteiger charge is -2.36. The lowest BCUT2D eigenvalue weighted by Crippen LogP contribution is -2.47. The van der Waals surface area contributed by atoms with Crippen LogP contribution in [0.4, 0.5) is 5.69 Å². The quantitative estimate of drug-likeness (QED) is 0.654. The highest BCUT2D eigenvalue weighted by molar-refractivity contribution is 9.10. The largest absolute Gasteiger partial charge is 0.495 e. The number of anilines is 1. The fourth-order valence-electron chi connectivity index (χ4n) is 3.93. The van der Waals surface area contributed by atoms with Gasteiger partial charge in [0.1, 0.15) is 5.75 Å².